The van der Waals surface area contributed by atoms with Gasteiger partial charge in [0.1, 0.15) is 5.75 Å². The molecule has 8 nitrogen and oxygen atoms in total. The quantitative estimate of drug-likeness (QED) is 0.185. The Hall–Kier alpha value is -3.46. The summed E-state index contributed by atoms with van der Waals surface area (Å²) in [7, 11) is 0. The Morgan fingerprint density at radius 3 is 2.61 bits per heavy atom. The Morgan fingerprint density at radius 2 is 1.87 bits per heavy atom. The third kappa shape index (κ3) is 5.00. The lowest BCUT2D eigenvalue weighted by atomic mass is 10.1. The van der Waals surface area contributed by atoms with Gasteiger partial charge >= 0.3 is 0 Å². The molecule has 31 heavy (non-hydrogen) atoms. The molecule has 0 amide bonds. The summed E-state index contributed by atoms with van der Waals surface area (Å²) in [5, 5.41) is 23.2. The van der Waals surface area contributed by atoms with E-state index in [1.165, 1.54) is 0 Å². The maximum atomic E-state index is 9.48. The SMILES string of the molecule is CCCSc1nc(N/N=C(\C)c2ccc(O)cc2)c2nnn(Cc3ccccc3)c2n1. The molecule has 0 atom stereocenters. The summed E-state index contributed by atoms with van der Waals surface area (Å²) in [6.45, 7) is 4.58. The van der Waals surface area contributed by atoms with Crippen LogP contribution in [-0.2, 0) is 6.54 Å². The largest absolute Gasteiger partial charge is 0.508 e. The van der Waals surface area contributed by atoms with Crippen LogP contribution in [0.2, 0.25) is 0 Å². The van der Waals surface area contributed by atoms with Crippen LogP contribution in [0, 0.1) is 0 Å². The number of nitrogens with one attached hydrogen (secondary N) is 1. The number of aromatic nitrogens is 5. The molecule has 158 valence electrons. The molecule has 0 aliphatic carbocycles. The summed E-state index contributed by atoms with van der Waals surface area (Å²) in [4.78, 5) is 9.31. The van der Waals surface area contributed by atoms with E-state index in [9.17, 15) is 5.11 Å². The minimum atomic E-state index is 0.217. The third-order valence-electron chi connectivity index (χ3n) is 4.57. The molecule has 0 bridgehead atoms. The molecule has 9 heteroatoms. The van der Waals surface area contributed by atoms with Crippen molar-refractivity contribution in [3.05, 3.63) is 65.7 Å². The molecule has 0 saturated heterocycles. The van der Waals surface area contributed by atoms with Gasteiger partial charge in [0.05, 0.1) is 12.3 Å². The van der Waals surface area contributed by atoms with Crippen molar-refractivity contribution < 1.29 is 5.11 Å². The molecule has 2 heterocycles. The lowest BCUT2D eigenvalue weighted by molar-refractivity contribution is 0.475. The first-order chi connectivity index (χ1) is 15.1. The Balaban J connectivity index is 1.67. The molecule has 2 aromatic heterocycles. The first-order valence-electron chi connectivity index (χ1n) is 10.0. The number of phenolic OH excluding ortho intramolecular Hbond substituents is 1. The van der Waals surface area contributed by atoms with Crippen LogP contribution in [0.4, 0.5) is 5.82 Å². The van der Waals surface area contributed by atoms with Crippen molar-refractivity contribution in [3.8, 4) is 5.75 Å². The topological polar surface area (TPSA) is 101 Å². The van der Waals surface area contributed by atoms with E-state index in [1.54, 1.807) is 28.6 Å². The molecule has 0 unspecified atom stereocenters. The highest BCUT2D eigenvalue weighted by Crippen LogP contribution is 2.24. The molecule has 0 aliphatic rings. The fraction of sp³-hybridized carbons (Fsp3) is 0.227. The summed E-state index contributed by atoms with van der Waals surface area (Å²) < 4.78 is 1.78. The number of aromatic hydroxyl groups is 1. The van der Waals surface area contributed by atoms with Crippen molar-refractivity contribution in [3.63, 3.8) is 0 Å². The van der Waals surface area contributed by atoms with Gasteiger partial charge in [0.15, 0.2) is 22.1 Å². The number of nitrogens with zero attached hydrogens (tertiary/aromatic N) is 6. The van der Waals surface area contributed by atoms with E-state index >= 15 is 0 Å². The number of hydrogen-bond donors (Lipinski definition) is 2. The molecule has 0 spiro atoms. The molecular formula is C22H23N7OS. The lowest BCUT2D eigenvalue weighted by Gasteiger charge is -2.07. The summed E-state index contributed by atoms with van der Waals surface area (Å²) in [5.74, 6) is 1.65. The number of benzene rings is 2. The Morgan fingerprint density at radius 1 is 1.10 bits per heavy atom. The van der Waals surface area contributed by atoms with Gasteiger partial charge in [0.25, 0.3) is 0 Å². The van der Waals surface area contributed by atoms with Crippen LogP contribution in [0.15, 0.2) is 64.9 Å². The number of fused-ring (bicyclic) bond motifs is 1. The zero-order valence-corrected chi connectivity index (χ0v) is 18.2. The molecule has 0 saturated carbocycles. The van der Waals surface area contributed by atoms with Crippen molar-refractivity contribution in [2.24, 2.45) is 5.10 Å². The molecule has 2 N–H and O–H groups in total. The van der Waals surface area contributed by atoms with Crippen molar-refractivity contribution in [2.75, 3.05) is 11.2 Å². The highest BCUT2D eigenvalue weighted by Gasteiger charge is 2.15. The van der Waals surface area contributed by atoms with Crippen LogP contribution in [-0.4, -0.2) is 41.5 Å². The summed E-state index contributed by atoms with van der Waals surface area (Å²) in [6, 6.07) is 17.0. The van der Waals surface area contributed by atoms with Gasteiger partial charge in [-0.15, -0.1) is 5.10 Å². The molecule has 2 aromatic carbocycles. The second-order valence-corrected chi connectivity index (χ2v) is 8.03. The highest BCUT2D eigenvalue weighted by atomic mass is 32.2. The zero-order valence-electron chi connectivity index (χ0n) is 17.4. The standard InChI is InChI=1S/C22H23N7OS/c1-3-13-31-22-23-20(27-25-15(2)17-9-11-18(30)12-10-17)19-21(24-22)29(28-26-19)14-16-7-5-4-6-8-16/h4-12,30H,3,13-14H2,1-2H3,(H,23,24,27)/b25-15+. The molecular weight excluding hydrogens is 410 g/mol. The van der Waals surface area contributed by atoms with E-state index < -0.39 is 0 Å². The predicted molar refractivity (Wildman–Crippen MR) is 124 cm³/mol. The number of thioether (sulfide) groups is 1. The fourth-order valence-corrected chi connectivity index (χ4v) is 3.63. The summed E-state index contributed by atoms with van der Waals surface area (Å²) in [6.07, 6.45) is 1.02. The second kappa shape index (κ2) is 9.57. The van der Waals surface area contributed by atoms with Gasteiger partial charge in [-0.05, 0) is 48.7 Å². The maximum Gasteiger partial charge on any atom is 0.191 e. The van der Waals surface area contributed by atoms with Crippen LogP contribution >= 0.6 is 11.8 Å². The van der Waals surface area contributed by atoms with Gasteiger partial charge in [-0.3, -0.25) is 5.43 Å². The molecule has 0 radical (unpaired) electrons. The minimum absolute atomic E-state index is 0.217. The lowest BCUT2D eigenvalue weighted by Crippen LogP contribution is -2.05. The molecule has 0 fully saturated rings. The van der Waals surface area contributed by atoms with Gasteiger partial charge in [-0.2, -0.15) is 5.10 Å². The second-order valence-electron chi connectivity index (χ2n) is 6.96. The number of hydrazone groups is 1. The van der Waals surface area contributed by atoms with Crippen LogP contribution in [0.5, 0.6) is 5.75 Å². The van der Waals surface area contributed by atoms with E-state index in [0.29, 0.717) is 28.7 Å². The number of phenols is 1. The van der Waals surface area contributed by atoms with Crippen LogP contribution < -0.4 is 5.43 Å². The molecule has 0 aliphatic heterocycles. The predicted octanol–water partition coefficient (Wildman–Crippen LogP) is 4.31. The monoisotopic (exact) mass is 433 g/mol. The normalized spacial score (nSPS) is 11.7. The van der Waals surface area contributed by atoms with Gasteiger partial charge in [-0.1, -0.05) is 54.2 Å². The number of hydrogen-bond acceptors (Lipinski definition) is 8. The van der Waals surface area contributed by atoms with Crippen LogP contribution in [0.1, 0.15) is 31.4 Å². The maximum absolute atomic E-state index is 9.48. The summed E-state index contributed by atoms with van der Waals surface area (Å²) in [5.41, 5.74) is 7.04. The van der Waals surface area contributed by atoms with Gasteiger partial charge in [0.2, 0.25) is 0 Å². The van der Waals surface area contributed by atoms with Crippen LogP contribution in [0.25, 0.3) is 11.2 Å². The number of rotatable bonds is 8. The van der Waals surface area contributed by atoms with Crippen molar-refractivity contribution in [2.45, 2.75) is 32.0 Å². The van der Waals surface area contributed by atoms with E-state index in [-0.39, 0.29) is 5.75 Å². The van der Waals surface area contributed by atoms with Crippen molar-refractivity contribution >= 4 is 34.5 Å². The smallest absolute Gasteiger partial charge is 0.191 e. The highest BCUT2D eigenvalue weighted by molar-refractivity contribution is 7.99. The van der Waals surface area contributed by atoms with E-state index in [1.807, 2.05) is 49.4 Å². The van der Waals surface area contributed by atoms with E-state index in [4.69, 9.17) is 4.98 Å². The Bertz CT molecular complexity index is 1190. The fourth-order valence-electron chi connectivity index (χ4n) is 2.94. The van der Waals surface area contributed by atoms with Gasteiger partial charge in [0, 0.05) is 5.75 Å². The average Bonchev–Trinajstić information content (AvgIpc) is 3.19. The Kier molecular flexibility index (Phi) is 6.42. The summed E-state index contributed by atoms with van der Waals surface area (Å²) >= 11 is 1.59. The molecule has 4 rings (SSSR count). The van der Waals surface area contributed by atoms with Crippen molar-refractivity contribution in [1.82, 2.24) is 25.0 Å². The first-order valence-corrected chi connectivity index (χ1v) is 11.0. The van der Waals surface area contributed by atoms with Crippen molar-refractivity contribution in [1.29, 1.82) is 0 Å². The molecule has 4 aromatic rings. The van der Waals surface area contributed by atoms with E-state index in [0.717, 1.165) is 29.0 Å². The first kappa shape index (κ1) is 20.8. The number of anilines is 1. The zero-order chi connectivity index (χ0) is 21.6. The van der Waals surface area contributed by atoms with Crippen LogP contribution in [0.3, 0.4) is 0 Å². The third-order valence-corrected chi connectivity index (χ3v) is 5.62. The van der Waals surface area contributed by atoms with E-state index in [2.05, 4.69) is 32.7 Å². The van der Waals surface area contributed by atoms with Gasteiger partial charge in [-0.25, -0.2) is 14.6 Å². The Labute approximate surface area is 184 Å². The van der Waals surface area contributed by atoms with Gasteiger partial charge < -0.3 is 5.11 Å². The average molecular weight is 434 g/mol. The minimum Gasteiger partial charge on any atom is -0.508 e.